The predicted octanol–water partition coefficient (Wildman–Crippen LogP) is 1.38. The van der Waals surface area contributed by atoms with E-state index in [4.69, 9.17) is 0 Å². The van der Waals surface area contributed by atoms with E-state index in [9.17, 15) is 0 Å². The van der Waals surface area contributed by atoms with Crippen LogP contribution in [0.2, 0.25) is 0 Å². The van der Waals surface area contributed by atoms with E-state index >= 15 is 0 Å². The maximum absolute atomic E-state index is 3.91. The largest absolute Gasteiger partial charge is 0.665 e. The zero-order valence-corrected chi connectivity index (χ0v) is 5.02. The molecule has 0 aliphatic rings. The lowest BCUT2D eigenvalue weighted by Gasteiger charge is -2.15. The second-order valence-electron chi connectivity index (χ2n) is 1.43. The van der Waals surface area contributed by atoms with Crippen LogP contribution in [0.4, 0.5) is 0 Å². The van der Waals surface area contributed by atoms with Crippen molar-refractivity contribution in [1.82, 2.24) is 0 Å². The molecule has 0 aliphatic heterocycles. The van der Waals surface area contributed by atoms with Crippen molar-refractivity contribution in [2.24, 2.45) is 0 Å². The molecule has 44 valence electrons. The Morgan fingerprint density at radius 2 is 1.43 bits per heavy atom. The van der Waals surface area contributed by atoms with Gasteiger partial charge in [-0.05, 0) is 0 Å². The molecule has 0 radical (unpaired) electrons. The topological polar surface area (TPSA) is 28.2 Å². The molecule has 0 aromatic heterocycles. The molecule has 0 aliphatic carbocycles. The summed E-state index contributed by atoms with van der Waals surface area (Å²) in [6, 6.07) is 0. The predicted molar refractivity (Wildman–Crippen MR) is 32.9 cm³/mol. The SMILES string of the molecule is C[N-]CCC[N-]C. The molecular weight excluding hydrogens is 88.1 g/mol. The van der Waals surface area contributed by atoms with Gasteiger partial charge in [0.05, 0.1) is 0 Å². The molecule has 0 atom stereocenters. The van der Waals surface area contributed by atoms with Crippen molar-refractivity contribution >= 4 is 0 Å². The molecule has 0 rings (SSSR count). The van der Waals surface area contributed by atoms with Gasteiger partial charge in [0.2, 0.25) is 0 Å². The van der Waals surface area contributed by atoms with Crippen LogP contribution in [0, 0.1) is 0 Å². The van der Waals surface area contributed by atoms with Gasteiger partial charge >= 0.3 is 0 Å². The van der Waals surface area contributed by atoms with Gasteiger partial charge in [0.15, 0.2) is 0 Å². The minimum Gasteiger partial charge on any atom is -0.665 e. The van der Waals surface area contributed by atoms with E-state index in [0.29, 0.717) is 0 Å². The average molecular weight is 100 g/mol. The third-order valence-corrected chi connectivity index (χ3v) is 0.763. The molecular formula is C5H12N2-2. The van der Waals surface area contributed by atoms with Gasteiger partial charge in [-0.25, -0.2) is 0 Å². The fourth-order valence-electron chi connectivity index (χ4n) is 0.387. The monoisotopic (exact) mass is 100 g/mol. The number of rotatable bonds is 4. The van der Waals surface area contributed by atoms with Crippen LogP contribution in [0.1, 0.15) is 6.42 Å². The molecule has 0 fully saturated rings. The lowest BCUT2D eigenvalue weighted by molar-refractivity contribution is 0.940. The van der Waals surface area contributed by atoms with Gasteiger partial charge in [-0.1, -0.05) is 6.42 Å². The normalized spacial score (nSPS) is 9.43. The van der Waals surface area contributed by atoms with E-state index in [1.54, 1.807) is 0 Å². The zero-order valence-electron chi connectivity index (χ0n) is 5.02. The van der Waals surface area contributed by atoms with Crippen LogP contribution in [0.25, 0.3) is 10.6 Å². The van der Waals surface area contributed by atoms with Crippen LogP contribution >= 0.6 is 0 Å². The van der Waals surface area contributed by atoms with Crippen molar-refractivity contribution in [3.8, 4) is 0 Å². The van der Waals surface area contributed by atoms with Crippen LogP contribution in [0.5, 0.6) is 0 Å². The molecule has 2 heteroatoms. The highest BCUT2D eigenvalue weighted by Crippen LogP contribution is 1.87. The Morgan fingerprint density at radius 3 is 1.71 bits per heavy atom. The van der Waals surface area contributed by atoms with Gasteiger partial charge in [0, 0.05) is 0 Å². The molecule has 7 heavy (non-hydrogen) atoms. The van der Waals surface area contributed by atoms with Gasteiger partial charge in [-0.3, -0.25) is 0 Å². The molecule has 0 aromatic carbocycles. The van der Waals surface area contributed by atoms with Crippen molar-refractivity contribution in [3.63, 3.8) is 0 Å². The van der Waals surface area contributed by atoms with E-state index in [2.05, 4.69) is 10.6 Å². The molecule has 0 spiro atoms. The van der Waals surface area contributed by atoms with Gasteiger partial charge in [0.1, 0.15) is 0 Å². The van der Waals surface area contributed by atoms with E-state index < -0.39 is 0 Å². The summed E-state index contributed by atoms with van der Waals surface area (Å²) in [7, 11) is 3.66. The average Bonchev–Trinajstić information content (AvgIpc) is 1.69. The van der Waals surface area contributed by atoms with Gasteiger partial charge in [0.25, 0.3) is 0 Å². The summed E-state index contributed by atoms with van der Waals surface area (Å²) in [5.41, 5.74) is 0. The van der Waals surface area contributed by atoms with E-state index in [1.165, 1.54) is 0 Å². The van der Waals surface area contributed by atoms with Crippen molar-refractivity contribution < 1.29 is 0 Å². The highest BCUT2D eigenvalue weighted by Gasteiger charge is 1.61. The van der Waals surface area contributed by atoms with Crippen molar-refractivity contribution in [1.29, 1.82) is 0 Å². The first-order valence-corrected chi connectivity index (χ1v) is 2.53. The number of nitrogens with zero attached hydrogens (tertiary/aromatic N) is 2. The van der Waals surface area contributed by atoms with Crippen molar-refractivity contribution in [2.45, 2.75) is 6.42 Å². The van der Waals surface area contributed by atoms with E-state index in [0.717, 1.165) is 19.5 Å². The third-order valence-electron chi connectivity index (χ3n) is 0.763. The molecule has 0 saturated heterocycles. The summed E-state index contributed by atoms with van der Waals surface area (Å²) >= 11 is 0. The maximum atomic E-state index is 3.91. The van der Waals surface area contributed by atoms with Crippen LogP contribution in [-0.2, 0) is 0 Å². The molecule has 0 bridgehead atoms. The lowest BCUT2D eigenvalue weighted by atomic mass is 10.4. The Hall–Kier alpha value is -0.0800. The first-order valence-electron chi connectivity index (χ1n) is 2.53. The highest BCUT2D eigenvalue weighted by atomic mass is 14.8. The smallest absolute Gasteiger partial charge is 0.0912 e. The lowest BCUT2D eigenvalue weighted by Crippen LogP contribution is -1.85. The molecule has 0 heterocycles. The summed E-state index contributed by atoms with van der Waals surface area (Å²) in [6.07, 6.45) is 1.10. The minimum absolute atomic E-state index is 0.956. The summed E-state index contributed by atoms with van der Waals surface area (Å²) in [4.78, 5) is 0. The molecule has 0 amide bonds. The van der Waals surface area contributed by atoms with Gasteiger partial charge < -0.3 is 10.6 Å². The number of hydrogen-bond donors (Lipinski definition) is 0. The van der Waals surface area contributed by atoms with E-state index in [1.807, 2.05) is 14.1 Å². The summed E-state index contributed by atoms with van der Waals surface area (Å²) in [6.45, 7) is 1.91. The molecule has 0 N–H and O–H groups in total. The minimum atomic E-state index is 0.956. The van der Waals surface area contributed by atoms with Crippen LogP contribution in [0.3, 0.4) is 0 Å². The summed E-state index contributed by atoms with van der Waals surface area (Å²) in [5.74, 6) is 0. The van der Waals surface area contributed by atoms with Crippen molar-refractivity contribution in [3.05, 3.63) is 10.6 Å². The Bertz CT molecular complexity index is 25.3. The second-order valence-corrected chi connectivity index (χ2v) is 1.43. The second kappa shape index (κ2) is 5.92. The molecule has 0 saturated carbocycles. The fraction of sp³-hybridized carbons (Fsp3) is 1.00. The van der Waals surface area contributed by atoms with Crippen molar-refractivity contribution in [2.75, 3.05) is 27.2 Å². The first kappa shape index (κ1) is 6.92. The number of hydrogen-bond acceptors (Lipinski definition) is 0. The van der Waals surface area contributed by atoms with Gasteiger partial charge in [-0.2, -0.15) is 27.2 Å². The van der Waals surface area contributed by atoms with Crippen LogP contribution < -0.4 is 0 Å². The molecule has 2 nitrogen and oxygen atoms in total. The third kappa shape index (κ3) is 5.92. The van der Waals surface area contributed by atoms with E-state index in [-0.39, 0.29) is 0 Å². The summed E-state index contributed by atoms with van der Waals surface area (Å²) in [5, 5.41) is 7.83. The Labute approximate surface area is 45.3 Å². The highest BCUT2D eigenvalue weighted by molar-refractivity contribution is 4.76. The zero-order chi connectivity index (χ0) is 5.54. The Kier molecular flexibility index (Phi) is 5.85. The van der Waals surface area contributed by atoms with Crippen LogP contribution in [-0.4, -0.2) is 27.2 Å². The Balaban J connectivity index is 2.45. The maximum Gasteiger partial charge on any atom is -0.0912 e. The Morgan fingerprint density at radius 1 is 1.00 bits per heavy atom. The quantitative estimate of drug-likeness (QED) is 0.477. The fourth-order valence-corrected chi connectivity index (χ4v) is 0.387. The standard InChI is InChI=1S/C5H12N2/c1-6-4-3-5-7-2/h3-5H2,1-2H3/q-2. The molecule has 0 unspecified atom stereocenters. The van der Waals surface area contributed by atoms with Gasteiger partial charge in [-0.15, -0.1) is 0 Å². The first-order chi connectivity index (χ1) is 3.41. The molecule has 0 aromatic rings. The van der Waals surface area contributed by atoms with Crippen LogP contribution in [0.15, 0.2) is 0 Å². The summed E-state index contributed by atoms with van der Waals surface area (Å²) < 4.78 is 0.